The van der Waals surface area contributed by atoms with E-state index in [0.29, 0.717) is 0 Å². The molecule has 2 rings (SSSR count). The van der Waals surface area contributed by atoms with Crippen LogP contribution in [0, 0.1) is 0 Å². The molecule has 0 aliphatic heterocycles. The molecule has 1 aromatic heterocycles. The summed E-state index contributed by atoms with van der Waals surface area (Å²) in [5.41, 5.74) is 12.2. The van der Waals surface area contributed by atoms with Crippen LogP contribution in [-0.2, 0) is 0 Å². The molecule has 1 aromatic carbocycles. The molecule has 6 nitrogen and oxygen atoms in total. The lowest BCUT2D eigenvalue weighted by Gasteiger charge is -2.21. The van der Waals surface area contributed by atoms with E-state index in [2.05, 4.69) is 33.7 Å². The lowest BCUT2D eigenvalue weighted by molar-refractivity contribution is 0.661. The number of benzene rings is 1. The predicted molar refractivity (Wildman–Crippen MR) is 97.1 cm³/mol. The molecule has 23 heavy (non-hydrogen) atoms. The van der Waals surface area contributed by atoms with Crippen molar-refractivity contribution < 1.29 is 0 Å². The molecule has 6 heteroatoms. The Balaban J connectivity index is 0.000000277. The van der Waals surface area contributed by atoms with Crippen molar-refractivity contribution in [1.82, 2.24) is 15.0 Å². The number of nitrogen functional groups attached to an aromatic ring is 2. The van der Waals surface area contributed by atoms with Gasteiger partial charge >= 0.3 is 0 Å². The van der Waals surface area contributed by atoms with Crippen molar-refractivity contribution in [2.24, 2.45) is 0 Å². The van der Waals surface area contributed by atoms with Crippen molar-refractivity contribution in [2.45, 2.75) is 39.5 Å². The standard InChI is InChI=1S/C11H20N4.C6H8N2/c1-3-5-7-15(8-6-4-2)11-13-9-12-10-14-11;7-5-1-2-6(8)4-3-5/h9-10H,3-8H2,1-2H3;1-4H,7-8H2. The van der Waals surface area contributed by atoms with Crippen molar-refractivity contribution in [1.29, 1.82) is 0 Å². The lowest BCUT2D eigenvalue weighted by atomic mass is 10.3. The highest BCUT2D eigenvalue weighted by molar-refractivity contribution is 5.47. The van der Waals surface area contributed by atoms with Crippen LogP contribution in [0.4, 0.5) is 17.3 Å². The average molecular weight is 316 g/mol. The highest BCUT2D eigenvalue weighted by atomic mass is 15.3. The maximum atomic E-state index is 5.37. The molecular weight excluding hydrogens is 288 g/mol. The molecule has 0 unspecified atom stereocenters. The quantitative estimate of drug-likeness (QED) is 0.762. The van der Waals surface area contributed by atoms with Crippen LogP contribution >= 0.6 is 0 Å². The van der Waals surface area contributed by atoms with Gasteiger partial charge in [0.25, 0.3) is 0 Å². The minimum Gasteiger partial charge on any atom is -0.399 e. The topological polar surface area (TPSA) is 94.0 Å². The molecule has 0 amide bonds. The van der Waals surface area contributed by atoms with E-state index in [4.69, 9.17) is 11.5 Å². The number of hydrogen-bond acceptors (Lipinski definition) is 6. The molecule has 0 spiro atoms. The second-order valence-electron chi connectivity index (χ2n) is 5.30. The van der Waals surface area contributed by atoms with E-state index >= 15 is 0 Å². The van der Waals surface area contributed by atoms with Crippen molar-refractivity contribution in [3.8, 4) is 0 Å². The van der Waals surface area contributed by atoms with Gasteiger partial charge in [-0.05, 0) is 37.1 Å². The summed E-state index contributed by atoms with van der Waals surface area (Å²) in [6, 6.07) is 7.09. The molecule has 2 aromatic rings. The van der Waals surface area contributed by atoms with Crippen LogP contribution in [0.5, 0.6) is 0 Å². The molecule has 4 N–H and O–H groups in total. The van der Waals surface area contributed by atoms with E-state index in [1.165, 1.54) is 25.7 Å². The number of hydrogen-bond donors (Lipinski definition) is 2. The van der Waals surface area contributed by atoms with E-state index in [1.54, 1.807) is 36.9 Å². The first-order valence-corrected chi connectivity index (χ1v) is 8.15. The number of aromatic nitrogens is 3. The van der Waals surface area contributed by atoms with Gasteiger partial charge in [0.05, 0.1) is 0 Å². The van der Waals surface area contributed by atoms with Gasteiger partial charge in [0.1, 0.15) is 12.7 Å². The maximum Gasteiger partial charge on any atom is 0.228 e. The Morgan fingerprint density at radius 2 is 1.26 bits per heavy atom. The first-order valence-electron chi connectivity index (χ1n) is 8.15. The summed E-state index contributed by atoms with van der Waals surface area (Å²) in [7, 11) is 0. The van der Waals surface area contributed by atoms with Crippen LogP contribution in [0.25, 0.3) is 0 Å². The van der Waals surface area contributed by atoms with Crippen molar-refractivity contribution in [3.05, 3.63) is 36.9 Å². The van der Waals surface area contributed by atoms with Gasteiger partial charge in [-0.15, -0.1) is 0 Å². The molecule has 0 saturated heterocycles. The van der Waals surface area contributed by atoms with Crippen LogP contribution in [0.1, 0.15) is 39.5 Å². The Kier molecular flexibility index (Phi) is 9.12. The first kappa shape index (κ1) is 18.7. The highest BCUT2D eigenvalue weighted by Gasteiger charge is 2.07. The third-order valence-corrected chi connectivity index (χ3v) is 3.26. The Morgan fingerprint density at radius 3 is 1.65 bits per heavy atom. The Hall–Kier alpha value is -2.37. The Bertz CT molecular complexity index is 485. The summed E-state index contributed by atoms with van der Waals surface area (Å²) in [5.74, 6) is 0.812. The fourth-order valence-corrected chi connectivity index (χ4v) is 1.90. The summed E-state index contributed by atoms with van der Waals surface area (Å²) >= 11 is 0. The summed E-state index contributed by atoms with van der Waals surface area (Å²) in [5, 5.41) is 0. The molecule has 0 saturated carbocycles. The highest BCUT2D eigenvalue weighted by Crippen LogP contribution is 2.07. The van der Waals surface area contributed by atoms with E-state index in [9.17, 15) is 0 Å². The van der Waals surface area contributed by atoms with E-state index in [1.807, 2.05) is 0 Å². The lowest BCUT2D eigenvalue weighted by Crippen LogP contribution is -2.27. The molecule has 126 valence electrons. The number of rotatable bonds is 7. The second-order valence-corrected chi connectivity index (χ2v) is 5.30. The minimum absolute atomic E-state index is 0.749. The van der Waals surface area contributed by atoms with Crippen molar-refractivity contribution in [3.63, 3.8) is 0 Å². The van der Waals surface area contributed by atoms with Crippen molar-refractivity contribution >= 4 is 17.3 Å². The summed E-state index contributed by atoms with van der Waals surface area (Å²) in [6.45, 7) is 6.48. The maximum absolute atomic E-state index is 5.37. The van der Waals surface area contributed by atoms with Crippen LogP contribution in [0.2, 0.25) is 0 Å². The van der Waals surface area contributed by atoms with Gasteiger partial charge < -0.3 is 16.4 Å². The number of anilines is 3. The number of nitrogens with two attached hydrogens (primary N) is 2. The third-order valence-electron chi connectivity index (χ3n) is 3.26. The zero-order valence-electron chi connectivity index (χ0n) is 14.2. The summed E-state index contributed by atoms with van der Waals surface area (Å²) < 4.78 is 0. The molecule has 0 atom stereocenters. The van der Waals surface area contributed by atoms with E-state index in [-0.39, 0.29) is 0 Å². The zero-order valence-corrected chi connectivity index (χ0v) is 14.2. The first-order chi connectivity index (χ1) is 11.2. The predicted octanol–water partition coefficient (Wildman–Crippen LogP) is 3.13. The molecule has 0 radical (unpaired) electrons. The molecule has 0 aliphatic rings. The monoisotopic (exact) mass is 316 g/mol. The summed E-state index contributed by atoms with van der Waals surface area (Å²) in [6.07, 6.45) is 7.91. The van der Waals surface area contributed by atoms with Gasteiger partial charge in [-0.3, -0.25) is 0 Å². The molecule has 1 heterocycles. The van der Waals surface area contributed by atoms with E-state index < -0.39 is 0 Å². The minimum atomic E-state index is 0.749. The number of nitrogens with zero attached hydrogens (tertiary/aromatic N) is 4. The largest absolute Gasteiger partial charge is 0.399 e. The molecule has 0 aliphatic carbocycles. The van der Waals surface area contributed by atoms with Crippen LogP contribution in [-0.4, -0.2) is 28.0 Å². The van der Waals surface area contributed by atoms with E-state index in [0.717, 1.165) is 30.4 Å². The third kappa shape index (κ3) is 7.99. The van der Waals surface area contributed by atoms with Gasteiger partial charge in [-0.1, -0.05) is 26.7 Å². The van der Waals surface area contributed by atoms with Gasteiger partial charge in [-0.25, -0.2) is 15.0 Å². The normalized spacial score (nSPS) is 9.83. The average Bonchev–Trinajstić information content (AvgIpc) is 2.59. The Morgan fingerprint density at radius 1 is 0.826 bits per heavy atom. The fraction of sp³-hybridized carbons (Fsp3) is 0.471. The zero-order chi connectivity index (χ0) is 16.9. The molecular formula is C17H28N6. The second kappa shape index (κ2) is 11.2. The molecule has 0 bridgehead atoms. The van der Waals surface area contributed by atoms with Crippen LogP contribution in [0.3, 0.4) is 0 Å². The molecule has 0 fully saturated rings. The fourth-order valence-electron chi connectivity index (χ4n) is 1.90. The van der Waals surface area contributed by atoms with Gasteiger partial charge in [-0.2, -0.15) is 0 Å². The number of unbranched alkanes of at least 4 members (excludes halogenated alkanes) is 2. The van der Waals surface area contributed by atoms with Crippen LogP contribution in [0.15, 0.2) is 36.9 Å². The van der Waals surface area contributed by atoms with Crippen molar-refractivity contribution in [2.75, 3.05) is 29.5 Å². The van der Waals surface area contributed by atoms with Crippen LogP contribution < -0.4 is 16.4 Å². The smallest absolute Gasteiger partial charge is 0.228 e. The SMILES string of the molecule is CCCCN(CCCC)c1ncncn1.Nc1ccc(N)cc1. The Labute approximate surface area is 139 Å². The van der Waals surface area contributed by atoms with Gasteiger partial charge in [0, 0.05) is 24.5 Å². The summed E-state index contributed by atoms with van der Waals surface area (Å²) in [4.78, 5) is 14.5. The van der Waals surface area contributed by atoms with Gasteiger partial charge in [0.15, 0.2) is 0 Å². The van der Waals surface area contributed by atoms with Gasteiger partial charge in [0.2, 0.25) is 5.95 Å².